The van der Waals surface area contributed by atoms with E-state index in [0.717, 1.165) is 11.3 Å². The van der Waals surface area contributed by atoms with Gasteiger partial charge < -0.3 is 9.52 Å². The molecular formula is C18H12FN3O4S. The molecule has 1 aromatic carbocycles. The Labute approximate surface area is 156 Å². The molecule has 0 bridgehead atoms. The maximum absolute atomic E-state index is 13.4. The summed E-state index contributed by atoms with van der Waals surface area (Å²) in [6.07, 6.45) is 0. The van der Waals surface area contributed by atoms with E-state index >= 15 is 0 Å². The fourth-order valence-electron chi connectivity index (χ4n) is 2.96. The molecule has 1 aliphatic heterocycles. The zero-order chi connectivity index (χ0) is 19.1. The van der Waals surface area contributed by atoms with Gasteiger partial charge in [0.25, 0.3) is 5.91 Å². The largest absolute Gasteiger partial charge is 0.503 e. The molecule has 0 fully saturated rings. The summed E-state index contributed by atoms with van der Waals surface area (Å²) in [6.45, 7) is 1.68. The van der Waals surface area contributed by atoms with Gasteiger partial charge in [0.1, 0.15) is 17.1 Å². The number of aromatic nitrogens is 2. The Balaban J connectivity index is 1.87. The maximum atomic E-state index is 13.4. The second-order valence-corrected chi connectivity index (χ2v) is 6.66. The van der Waals surface area contributed by atoms with Gasteiger partial charge in [-0.15, -0.1) is 10.2 Å². The van der Waals surface area contributed by atoms with Crippen molar-refractivity contribution in [1.82, 2.24) is 10.2 Å². The highest BCUT2D eigenvalue weighted by molar-refractivity contribution is 7.13. The molecule has 3 heterocycles. The van der Waals surface area contributed by atoms with Crippen LogP contribution < -0.4 is 4.90 Å². The Morgan fingerprint density at radius 2 is 2.00 bits per heavy atom. The highest BCUT2D eigenvalue weighted by atomic mass is 32.1. The molecule has 2 aromatic heterocycles. The molecule has 0 saturated heterocycles. The standard InChI is InChI=1S/C18H12FN3O4S/c1-9-2-7-12(26-9)15(23)13-14(10-3-5-11(19)6-4-10)22(17(25)16(13)24)18-21-20-8-27-18/h2-8,14,24H,1H3. The molecule has 136 valence electrons. The number of hydrogen-bond donors (Lipinski definition) is 1. The molecular weight excluding hydrogens is 373 g/mol. The fraction of sp³-hybridized carbons (Fsp3) is 0.111. The third kappa shape index (κ3) is 2.81. The minimum Gasteiger partial charge on any atom is -0.503 e. The van der Waals surface area contributed by atoms with Crippen molar-refractivity contribution in [3.05, 3.63) is 76.1 Å². The van der Waals surface area contributed by atoms with Crippen molar-refractivity contribution in [2.75, 3.05) is 4.90 Å². The van der Waals surface area contributed by atoms with Crippen LogP contribution in [0.5, 0.6) is 0 Å². The van der Waals surface area contributed by atoms with Crippen LogP contribution in [-0.2, 0) is 4.79 Å². The van der Waals surface area contributed by atoms with E-state index in [2.05, 4.69) is 10.2 Å². The molecule has 1 amide bonds. The molecule has 1 aliphatic rings. The number of benzene rings is 1. The highest BCUT2D eigenvalue weighted by Gasteiger charge is 2.46. The third-order valence-electron chi connectivity index (χ3n) is 4.16. The van der Waals surface area contributed by atoms with Crippen LogP contribution in [0.25, 0.3) is 0 Å². The average molecular weight is 385 g/mol. The number of ketones is 1. The van der Waals surface area contributed by atoms with Crippen molar-refractivity contribution < 1.29 is 23.5 Å². The highest BCUT2D eigenvalue weighted by Crippen LogP contribution is 2.42. The second-order valence-electron chi connectivity index (χ2n) is 5.85. The molecule has 4 rings (SSSR count). The van der Waals surface area contributed by atoms with Crippen molar-refractivity contribution in [1.29, 1.82) is 0 Å². The van der Waals surface area contributed by atoms with Crippen molar-refractivity contribution in [3.63, 3.8) is 0 Å². The quantitative estimate of drug-likeness (QED) is 0.692. The second kappa shape index (κ2) is 6.44. The minimum absolute atomic E-state index is 0.00641. The van der Waals surface area contributed by atoms with Crippen LogP contribution in [-0.4, -0.2) is 27.0 Å². The number of anilines is 1. The lowest BCUT2D eigenvalue weighted by Crippen LogP contribution is -2.31. The van der Waals surface area contributed by atoms with E-state index in [0.29, 0.717) is 11.3 Å². The van der Waals surface area contributed by atoms with Crippen LogP contribution in [0.15, 0.2) is 57.7 Å². The van der Waals surface area contributed by atoms with E-state index in [1.165, 1.54) is 40.7 Å². The van der Waals surface area contributed by atoms with Crippen molar-refractivity contribution >= 4 is 28.2 Å². The van der Waals surface area contributed by atoms with Gasteiger partial charge in [0.05, 0.1) is 11.6 Å². The first kappa shape index (κ1) is 17.1. The van der Waals surface area contributed by atoms with Gasteiger partial charge in [0.2, 0.25) is 10.9 Å². The van der Waals surface area contributed by atoms with Crippen LogP contribution in [0.1, 0.15) is 27.9 Å². The summed E-state index contributed by atoms with van der Waals surface area (Å²) < 4.78 is 18.7. The lowest BCUT2D eigenvalue weighted by Gasteiger charge is -2.23. The Bertz CT molecular complexity index is 1060. The maximum Gasteiger partial charge on any atom is 0.296 e. The zero-order valence-corrected chi connectivity index (χ0v) is 14.7. The number of aryl methyl sites for hydroxylation is 1. The molecule has 0 aliphatic carbocycles. The van der Waals surface area contributed by atoms with Gasteiger partial charge in [-0.1, -0.05) is 23.5 Å². The van der Waals surface area contributed by atoms with Gasteiger partial charge >= 0.3 is 0 Å². The number of aliphatic hydroxyl groups is 1. The molecule has 27 heavy (non-hydrogen) atoms. The van der Waals surface area contributed by atoms with Gasteiger partial charge in [-0.2, -0.15) is 0 Å². The topological polar surface area (TPSA) is 96.5 Å². The monoisotopic (exact) mass is 385 g/mol. The zero-order valence-electron chi connectivity index (χ0n) is 13.9. The third-order valence-corrected chi connectivity index (χ3v) is 4.85. The molecule has 0 spiro atoms. The summed E-state index contributed by atoms with van der Waals surface area (Å²) in [4.78, 5) is 26.9. The number of nitrogens with zero attached hydrogens (tertiary/aromatic N) is 3. The first-order chi connectivity index (χ1) is 13.0. The number of halogens is 1. The number of carbonyl (C=O) groups excluding carboxylic acids is 2. The first-order valence-corrected chi connectivity index (χ1v) is 8.75. The van der Waals surface area contributed by atoms with Crippen LogP contribution >= 0.6 is 11.3 Å². The lowest BCUT2D eigenvalue weighted by molar-refractivity contribution is -0.117. The number of carbonyl (C=O) groups is 2. The Kier molecular flexibility index (Phi) is 4.08. The lowest BCUT2D eigenvalue weighted by atomic mass is 9.95. The summed E-state index contributed by atoms with van der Waals surface area (Å²) in [5.41, 5.74) is 1.71. The summed E-state index contributed by atoms with van der Waals surface area (Å²) in [5, 5.41) is 18.3. The summed E-state index contributed by atoms with van der Waals surface area (Å²) in [6, 6.07) is 7.42. The SMILES string of the molecule is Cc1ccc(C(=O)C2=C(O)C(=O)N(c3nncs3)C2c2ccc(F)cc2)o1. The van der Waals surface area contributed by atoms with E-state index in [1.807, 2.05) is 0 Å². The minimum atomic E-state index is -0.982. The molecule has 0 saturated carbocycles. The predicted octanol–water partition coefficient (Wildman–Crippen LogP) is 3.36. The van der Waals surface area contributed by atoms with Gasteiger partial charge in [-0.05, 0) is 36.8 Å². The Hall–Kier alpha value is -3.33. The van der Waals surface area contributed by atoms with Crippen molar-refractivity contribution in [3.8, 4) is 0 Å². The molecule has 7 nitrogen and oxygen atoms in total. The van der Waals surface area contributed by atoms with E-state index in [4.69, 9.17) is 4.42 Å². The molecule has 1 N–H and O–H groups in total. The summed E-state index contributed by atoms with van der Waals surface area (Å²) in [7, 11) is 0. The molecule has 3 aromatic rings. The number of amides is 1. The Morgan fingerprint density at radius 1 is 1.26 bits per heavy atom. The molecule has 1 atom stereocenters. The fourth-order valence-corrected chi connectivity index (χ4v) is 3.54. The van der Waals surface area contributed by atoms with Crippen LogP contribution in [0.4, 0.5) is 9.52 Å². The normalized spacial score (nSPS) is 17.0. The van der Waals surface area contributed by atoms with E-state index < -0.39 is 29.3 Å². The number of hydrogen-bond acceptors (Lipinski definition) is 7. The van der Waals surface area contributed by atoms with Crippen LogP contribution in [0, 0.1) is 12.7 Å². The predicted molar refractivity (Wildman–Crippen MR) is 94.0 cm³/mol. The van der Waals surface area contributed by atoms with Crippen LogP contribution in [0.2, 0.25) is 0 Å². The first-order valence-electron chi connectivity index (χ1n) is 7.87. The smallest absolute Gasteiger partial charge is 0.296 e. The van der Waals surface area contributed by atoms with E-state index in [-0.39, 0.29) is 16.5 Å². The average Bonchev–Trinajstić information content (AvgIpc) is 3.37. The van der Waals surface area contributed by atoms with Crippen LogP contribution in [0.3, 0.4) is 0 Å². The van der Waals surface area contributed by atoms with Gasteiger partial charge in [-0.25, -0.2) is 4.39 Å². The number of Topliss-reactive ketones (excluding diaryl/α,β-unsaturated/α-hetero) is 1. The molecule has 0 radical (unpaired) electrons. The van der Waals surface area contributed by atoms with E-state index in [9.17, 15) is 19.1 Å². The summed E-state index contributed by atoms with van der Waals surface area (Å²) >= 11 is 1.08. The van der Waals surface area contributed by atoms with Crippen molar-refractivity contribution in [2.45, 2.75) is 13.0 Å². The van der Waals surface area contributed by atoms with E-state index in [1.54, 1.807) is 13.0 Å². The molecule has 9 heteroatoms. The summed E-state index contributed by atoms with van der Waals surface area (Å²) in [5.74, 6) is -2.06. The molecule has 1 unspecified atom stereocenters. The van der Waals surface area contributed by atoms with Gasteiger partial charge in [0.15, 0.2) is 11.5 Å². The van der Waals surface area contributed by atoms with Crippen molar-refractivity contribution in [2.24, 2.45) is 0 Å². The Morgan fingerprint density at radius 3 is 2.59 bits per heavy atom. The van der Waals surface area contributed by atoms with Gasteiger partial charge in [0, 0.05) is 0 Å². The van der Waals surface area contributed by atoms with Gasteiger partial charge in [-0.3, -0.25) is 14.5 Å². The number of rotatable bonds is 4. The number of furan rings is 1. The number of aliphatic hydroxyl groups excluding tert-OH is 1.